The number of halogens is 3. The van der Waals surface area contributed by atoms with Crippen molar-refractivity contribution in [3.63, 3.8) is 0 Å². The summed E-state index contributed by atoms with van der Waals surface area (Å²) in [4.78, 5) is 25.1. The third-order valence-corrected chi connectivity index (χ3v) is 8.66. The molecule has 1 amide bonds. The molecule has 216 valence electrons. The summed E-state index contributed by atoms with van der Waals surface area (Å²) >= 11 is 1.30. The van der Waals surface area contributed by atoms with E-state index in [0.29, 0.717) is 51.5 Å². The van der Waals surface area contributed by atoms with E-state index in [0.717, 1.165) is 17.7 Å². The minimum Gasteiger partial charge on any atom is -0.394 e. The second-order valence-electron chi connectivity index (χ2n) is 10.2. The van der Waals surface area contributed by atoms with Gasteiger partial charge in [0.05, 0.1) is 17.3 Å². The largest absolute Gasteiger partial charge is 0.394 e. The average Bonchev–Trinajstić information content (AvgIpc) is 3.66. The number of nitrogen functional groups attached to an aromatic ring is 1. The number of carbonyl (C=O) groups excluding carboxylic acids is 1. The number of hydrogen-bond acceptors (Lipinski definition) is 8. The predicted octanol–water partition coefficient (Wildman–Crippen LogP) is 5.49. The van der Waals surface area contributed by atoms with Crippen molar-refractivity contribution in [1.82, 2.24) is 30.3 Å². The first-order valence-corrected chi connectivity index (χ1v) is 14.3. The Bertz CT molecular complexity index is 2000. The van der Waals surface area contributed by atoms with E-state index in [-0.39, 0.29) is 11.6 Å². The van der Waals surface area contributed by atoms with Gasteiger partial charge in [-0.3, -0.25) is 9.69 Å². The van der Waals surface area contributed by atoms with Gasteiger partial charge in [0.2, 0.25) is 0 Å². The third-order valence-electron chi connectivity index (χ3n) is 7.51. The Morgan fingerprint density at radius 3 is 2.63 bits per heavy atom. The number of thiophene rings is 1. The summed E-state index contributed by atoms with van der Waals surface area (Å²) in [6.07, 6.45) is 4.66. The quantitative estimate of drug-likeness (QED) is 0.252. The van der Waals surface area contributed by atoms with E-state index in [2.05, 4.69) is 25.6 Å². The fourth-order valence-electron chi connectivity index (χ4n) is 5.38. The van der Waals surface area contributed by atoms with E-state index in [4.69, 9.17) is 5.73 Å². The number of aromatic nitrogens is 5. The van der Waals surface area contributed by atoms with E-state index in [1.807, 2.05) is 0 Å². The lowest BCUT2D eigenvalue weighted by Crippen LogP contribution is -2.49. The highest BCUT2D eigenvalue weighted by molar-refractivity contribution is 7.22. The van der Waals surface area contributed by atoms with Crippen molar-refractivity contribution in [3.05, 3.63) is 90.0 Å². The standard InChI is InChI=1S/C30H23F3N8OS/c31-21-13-17(41-29-24(38-39-41)4-2-9-36-29)5-6-19(21)30(42)40(18-3-1-8-35-15-18)28-20-14-26(43-25(20)7-10-37-28)16-11-22(32)27(34)23(33)12-16/h2,4-7,9-14,18,35H,1,3,8,15,34H2/t18-/m1/s1. The van der Waals surface area contributed by atoms with E-state index in [1.54, 1.807) is 42.7 Å². The molecule has 7 rings (SSSR count). The third kappa shape index (κ3) is 4.76. The molecule has 1 aliphatic heterocycles. The lowest BCUT2D eigenvalue weighted by molar-refractivity contribution is 0.0968. The Balaban J connectivity index is 1.31. The Kier molecular flexibility index (Phi) is 6.75. The van der Waals surface area contributed by atoms with Crippen molar-refractivity contribution < 1.29 is 18.0 Å². The summed E-state index contributed by atoms with van der Waals surface area (Å²) in [5.41, 5.74) is 6.47. The number of hydrogen-bond donors (Lipinski definition) is 2. The molecule has 9 nitrogen and oxygen atoms in total. The Labute approximate surface area is 246 Å². The Morgan fingerprint density at radius 1 is 1.02 bits per heavy atom. The number of pyridine rings is 2. The number of piperidine rings is 1. The van der Waals surface area contributed by atoms with Crippen LogP contribution in [0.5, 0.6) is 0 Å². The number of fused-ring (bicyclic) bond motifs is 2. The first-order chi connectivity index (χ1) is 20.9. The summed E-state index contributed by atoms with van der Waals surface area (Å²) in [5, 5.41) is 12.1. The molecule has 2 aromatic carbocycles. The van der Waals surface area contributed by atoms with E-state index < -0.39 is 29.0 Å². The van der Waals surface area contributed by atoms with Gasteiger partial charge < -0.3 is 11.1 Å². The number of benzene rings is 2. The topological polar surface area (TPSA) is 115 Å². The molecule has 13 heteroatoms. The first kappa shape index (κ1) is 27.0. The molecule has 0 spiro atoms. The van der Waals surface area contributed by atoms with E-state index in [1.165, 1.54) is 45.2 Å². The minimum atomic E-state index is -0.857. The van der Waals surface area contributed by atoms with Gasteiger partial charge >= 0.3 is 0 Å². The van der Waals surface area contributed by atoms with Crippen LogP contribution in [0.3, 0.4) is 0 Å². The lowest BCUT2D eigenvalue weighted by atomic mass is 10.0. The number of nitrogens with two attached hydrogens (primary N) is 1. The predicted molar refractivity (Wildman–Crippen MR) is 159 cm³/mol. The van der Waals surface area contributed by atoms with Gasteiger partial charge in [0, 0.05) is 40.0 Å². The van der Waals surface area contributed by atoms with Crippen LogP contribution in [-0.2, 0) is 0 Å². The Morgan fingerprint density at radius 2 is 1.86 bits per heavy atom. The summed E-state index contributed by atoms with van der Waals surface area (Å²) in [7, 11) is 0. The van der Waals surface area contributed by atoms with Crippen LogP contribution in [0.2, 0.25) is 0 Å². The number of rotatable bonds is 5. The fourth-order valence-corrected chi connectivity index (χ4v) is 6.41. The molecular formula is C30H23F3N8OS. The molecule has 0 aliphatic carbocycles. The molecule has 5 heterocycles. The summed E-state index contributed by atoms with van der Waals surface area (Å²) < 4.78 is 46.5. The molecule has 1 atom stereocenters. The van der Waals surface area contributed by atoms with Crippen LogP contribution in [0.15, 0.2) is 67.0 Å². The molecular weight excluding hydrogens is 577 g/mol. The molecule has 1 fully saturated rings. The maximum absolute atomic E-state index is 15.7. The van der Waals surface area contributed by atoms with Crippen LogP contribution in [0.25, 0.3) is 37.4 Å². The van der Waals surface area contributed by atoms with Crippen molar-refractivity contribution in [2.45, 2.75) is 18.9 Å². The monoisotopic (exact) mass is 600 g/mol. The second kappa shape index (κ2) is 10.7. The zero-order valence-electron chi connectivity index (χ0n) is 22.5. The van der Waals surface area contributed by atoms with Crippen LogP contribution in [0, 0.1) is 17.5 Å². The van der Waals surface area contributed by atoms with Crippen molar-refractivity contribution >= 4 is 50.0 Å². The number of nitrogens with one attached hydrogen (secondary N) is 1. The number of amides is 1. The number of carbonyl (C=O) groups is 1. The lowest BCUT2D eigenvalue weighted by Gasteiger charge is -2.34. The first-order valence-electron chi connectivity index (χ1n) is 13.5. The van der Waals surface area contributed by atoms with Crippen LogP contribution < -0.4 is 16.0 Å². The van der Waals surface area contributed by atoms with Gasteiger partial charge in [-0.05, 0) is 73.5 Å². The van der Waals surface area contributed by atoms with Gasteiger partial charge in [-0.2, -0.15) is 4.68 Å². The fraction of sp³-hybridized carbons (Fsp3) is 0.167. The maximum atomic E-state index is 15.7. The highest BCUT2D eigenvalue weighted by atomic mass is 32.1. The molecule has 0 radical (unpaired) electrons. The zero-order chi connectivity index (χ0) is 29.7. The average molecular weight is 601 g/mol. The van der Waals surface area contributed by atoms with Crippen LogP contribution >= 0.6 is 11.3 Å². The molecule has 1 aliphatic rings. The summed E-state index contributed by atoms with van der Waals surface area (Å²) in [5.74, 6) is -2.67. The molecule has 0 bridgehead atoms. The summed E-state index contributed by atoms with van der Waals surface area (Å²) in [6, 6.07) is 13.3. The molecule has 0 saturated carbocycles. The van der Waals surface area contributed by atoms with E-state index in [9.17, 15) is 13.6 Å². The smallest absolute Gasteiger partial charge is 0.262 e. The van der Waals surface area contributed by atoms with Crippen molar-refractivity contribution in [3.8, 4) is 16.1 Å². The van der Waals surface area contributed by atoms with Crippen LogP contribution in [-0.4, -0.2) is 50.0 Å². The highest BCUT2D eigenvalue weighted by Gasteiger charge is 2.32. The van der Waals surface area contributed by atoms with E-state index >= 15 is 4.39 Å². The van der Waals surface area contributed by atoms with Crippen LogP contribution in [0.1, 0.15) is 23.2 Å². The summed E-state index contributed by atoms with van der Waals surface area (Å²) in [6.45, 7) is 1.29. The van der Waals surface area contributed by atoms with Gasteiger partial charge in [-0.1, -0.05) is 5.21 Å². The van der Waals surface area contributed by atoms with Crippen LogP contribution in [0.4, 0.5) is 24.7 Å². The minimum absolute atomic E-state index is 0.136. The van der Waals surface area contributed by atoms with Crippen molar-refractivity contribution in [2.75, 3.05) is 23.7 Å². The molecule has 4 aromatic heterocycles. The molecule has 3 N–H and O–H groups in total. The maximum Gasteiger partial charge on any atom is 0.262 e. The van der Waals surface area contributed by atoms with Gasteiger partial charge in [0.25, 0.3) is 5.91 Å². The van der Waals surface area contributed by atoms with Gasteiger partial charge in [-0.25, -0.2) is 23.1 Å². The molecule has 43 heavy (non-hydrogen) atoms. The SMILES string of the molecule is Nc1c(F)cc(-c2cc3c(N(C(=O)c4ccc(-n5nnc6cccnc65)cc4F)[C@@H]4CCCNC4)nccc3s2)cc1F. The second-order valence-corrected chi connectivity index (χ2v) is 11.3. The van der Waals surface area contributed by atoms with Crippen molar-refractivity contribution in [1.29, 1.82) is 0 Å². The number of nitrogens with zero attached hydrogens (tertiary/aromatic N) is 6. The molecule has 6 aromatic rings. The van der Waals surface area contributed by atoms with Gasteiger partial charge in [0.15, 0.2) is 5.65 Å². The number of anilines is 2. The molecule has 1 saturated heterocycles. The normalized spacial score (nSPS) is 15.3. The highest BCUT2D eigenvalue weighted by Crippen LogP contribution is 2.39. The Hall–Kier alpha value is -4.88. The molecule has 0 unspecified atom stereocenters. The zero-order valence-corrected chi connectivity index (χ0v) is 23.3. The van der Waals surface area contributed by atoms with Gasteiger partial charge in [0.1, 0.15) is 34.5 Å². The van der Waals surface area contributed by atoms with Crippen molar-refractivity contribution in [2.24, 2.45) is 0 Å². The van der Waals surface area contributed by atoms with Gasteiger partial charge in [-0.15, -0.1) is 16.4 Å².